The summed E-state index contributed by atoms with van der Waals surface area (Å²) >= 11 is 0. The van der Waals surface area contributed by atoms with Crippen molar-refractivity contribution < 1.29 is 0 Å². The van der Waals surface area contributed by atoms with Crippen LogP contribution in [0.4, 0.5) is 0 Å². The molecule has 5 nitrogen and oxygen atoms in total. The van der Waals surface area contributed by atoms with Crippen LogP contribution in [0, 0.1) is 6.92 Å². The number of benzene rings is 1. The maximum atomic E-state index is 4.32. The van der Waals surface area contributed by atoms with Gasteiger partial charge in [-0.3, -0.25) is 9.89 Å². The molecule has 1 aliphatic heterocycles. The third-order valence-corrected chi connectivity index (χ3v) is 4.25. The Kier molecular flexibility index (Phi) is 6.21. The molecule has 1 aromatic carbocycles. The Bertz CT molecular complexity index is 500. The molecule has 1 aliphatic rings. The minimum Gasteiger partial charge on any atom is -0.355 e. The molecule has 0 spiro atoms. The highest BCUT2D eigenvalue weighted by molar-refractivity contribution is 5.79. The Balaban J connectivity index is 1.80. The van der Waals surface area contributed by atoms with Crippen molar-refractivity contribution in [3.63, 3.8) is 0 Å². The van der Waals surface area contributed by atoms with Crippen molar-refractivity contribution in [1.82, 2.24) is 20.4 Å². The van der Waals surface area contributed by atoms with Crippen LogP contribution in [0.1, 0.15) is 11.1 Å². The first-order valence-electron chi connectivity index (χ1n) is 7.97. The zero-order valence-electron chi connectivity index (χ0n) is 14.3. The normalized spacial score (nSPS) is 20.9. The van der Waals surface area contributed by atoms with Gasteiger partial charge >= 0.3 is 0 Å². The van der Waals surface area contributed by atoms with Crippen LogP contribution in [0.3, 0.4) is 0 Å². The van der Waals surface area contributed by atoms with Gasteiger partial charge in [0, 0.05) is 45.8 Å². The predicted molar refractivity (Wildman–Crippen MR) is 93.3 cm³/mol. The van der Waals surface area contributed by atoms with Crippen molar-refractivity contribution in [2.45, 2.75) is 19.5 Å². The van der Waals surface area contributed by atoms with Crippen LogP contribution in [0.2, 0.25) is 0 Å². The third-order valence-electron chi connectivity index (χ3n) is 4.25. The van der Waals surface area contributed by atoms with E-state index in [0.717, 1.165) is 38.7 Å². The van der Waals surface area contributed by atoms with Crippen molar-refractivity contribution in [2.24, 2.45) is 4.99 Å². The molecule has 2 rings (SSSR count). The lowest BCUT2D eigenvalue weighted by atomic mass is 10.1. The molecule has 1 atom stereocenters. The number of hydrogen-bond donors (Lipinski definition) is 2. The van der Waals surface area contributed by atoms with Crippen LogP contribution in [0.15, 0.2) is 29.3 Å². The quantitative estimate of drug-likeness (QED) is 0.641. The largest absolute Gasteiger partial charge is 0.355 e. The average molecular weight is 303 g/mol. The fourth-order valence-corrected chi connectivity index (χ4v) is 2.76. The first-order chi connectivity index (χ1) is 10.6. The highest BCUT2D eigenvalue weighted by Crippen LogP contribution is 2.05. The predicted octanol–water partition coefficient (Wildman–Crippen LogP) is 0.906. The van der Waals surface area contributed by atoms with E-state index in [0.29, 0.717) is 6.04 Å². The first-order valence-corrected chi connectivity index (χ1v) is 7.97. The van der Waals surface area contributed by atoms with Gasteiger partial charge in [-0.05, 0) is 26.6 Å². The Morgan fingerprint density at radius 1 is 1.27 bits per heavy atom. The number of aryl methyl sites for hydroxylation is 1. The number of rotatable bonds is 4. The van der Waals surface area contributed by atoms with Crippen LogP contribution >= 0.6 is 0 Å². The van der Waals surface area contributed by atoms with Gasteiger partial charge < -0.3 is 15.5 Å². The number of nitrogens with zero attached hydrogens (tertiary/aromatic N) is 3. The van der Waals surface area contributed by atoms with Gasteiger partial charge in [0.25, 0.3) is 0 Å². The number of nitrogens with one attached hydrogen (secondary N) is 2. The molecule has 2 N–H and O–H groups in total. The second-order valence-electron chi connectivity index (χ2n) is 6.19. The van der Waals surface area contributed by atoms with E-state index in [1.807, 2.05) is 7.05 Å². The van der Waals surface area contributed by atoms with E-state index in [2.05, 4.69) is 70.7 Å². The second-order valence-corrected chi connectivity index (χ2v) is 6.19. The SMILES string of the molecule is CN=C(NCc1cccc(C)c1)NCC1CN(C)CCN1C. The lowest BCUT2D eigenvalue weighted by Crippen LogP contribution is -2.55. The zero-order valence-corrected chi connectivity index (χ0v) is 14.3. The molecule has 1 heterocycles. The Morgan fingerprint density at radius 3 is 2.82 bits per heavy atom. The van der Waals surface area contributed by atoms with Gasteiger partial charge in [-0.1, -0.05) is 29.8 Å². The smallest absolute Gasteiger partial charge is 0.191 e. The average Bonchev–Trinajstić information content (AvgIpc) is 2.51. The summed E-state index contributed by atoms with van der Waals surface area (Å²) in [4.78, 5) is 9.12. The Hall–Kier alpha value is -1.59. The van der Waals surface area contributed by atoms with Gasteiger partial charge in [0.1, 0.15) is 0 Å². The molecule has 0 radical (unpaired) electrons. The molecule has 22 heavy (non-hydrogen) atoms. The summed E-state index contributed by atoms with van der Waals surface area (Å²) < 4.78 is 0. The zero-order chi connectivity index (χ0) is 15.9. The molecule has 1 unspecified atom stereocenters. The lowest BCUT2D eigenvalue weighted by molar-refractivity contribution is 0.116. The minimum absolute atomic E-state index is 0.524. The second kappa shape index (κ2) is 8.15. The van der Waals surface area contributed by atoms with E-state index in [-0.39, 0.29) is 0 Å². The van der Waals surface area contributed by atoms with Crippen molar-refractivity contribution in [1.29, 1.82) is 0 Å². The lowest BCUT2D eigenvalue weighted by Gasteiger charge is -2.37. The Morgan fingerprint density at radius 2 is 2.09 bits per heavy atom. The van der Waals surface area contributed by atoms with Crippen LogP contribution in [-0.4, -0.2) is 69.1 Å². The van der Waals surface area contributed by atoms with Crippen molar-refractivity contribution in [2.75, 3.05) is 47.3 Å². The number of hydrogen-bond acceptors (Lipinski definition) is 3. The first kappa shape index (κ1) is 16.8. The number of likely N-dealkylation sites (N-methyl/N-ethyl adjacent to an activating group) is 2. The van der Waals surface area contributed by atoms with Crippen LogP contribution < -0.4 is 10.6 Å². The van der Waals surface area contributed by atoms with Gasteiger partial charge in [-0.25, -0.2) is 0 Å². The van der Waals surface area contributed by atoms with Crippen molar-refractivity contribution in [3.05, 3.63) is 35.4 Å². The molecule has 0 aromatic heterocycles. The molecule has 122 valence electrons. The highest BCUT2D eigenvalue weighted by Gasteiger charge is 2.21. The third kappa shape index (κ3) is 5.00. The highest BCUT2D eigenvalue weighted by atomic mass is 15.3. The molecule has 0 amide bonds. The summed E-state index contributed by atoms with van der Waals surface area (Å²) in [5, 5.41) is 6.83. The van der Waals surface area contributed by atoms with Crippen LogP contribution in [0.5, 0.6) is 0 Å². The molecule has 1 fully saturated rings. The molecule has 0 bridgehead atoms. The summed E-state index contributed by atoms with van der Waals surface area (Å²) in [6.45, 7) is 7.19. The van der Waals surface area contributed by atoms with E-state index >= 15 is 0 Å². The topological polar surface area (TPSA) is 42.9 Å². The summed E-state index contributed by atoms with van der Waals surface area (Å²) in [5.74, 6) is 0.864. The molecule has 0 saturated carbocycles. The van der Waals surface area contributed by atoms with E-state index in [4.69, 9.17) is 0 Å². The maximum absolute atomic E-state index is 4.32. The van der Waals surface area contributed by atoms with Gasteiger partial charge in [0.05, 0.1) is 0 Å². The maximum Gasteiger partial charge on any atom is 0.191 e. The molecular weight excluding hydrogens is 274 g/mol. The summed E-state index contributed by atoms with van der Waals surface area (Å²) in [5.41, 5.74) is 2.56. The van der Waals surface area contributed by atoms with E-state index in [1.54, 1.807) is 0 Å². The summed E-state index contributed by atoms with van der Waals surface area (Å²) in [7, 11) is 6.20. The van der Waals surface area contributed by atoms with Gasteiger partial charge in [-0.2, -0.15) is 0 Å². The number of piperazine rings is 1. The van der Waals surface area contributed by atoms with E-state index in [9.17, 15) is 0 Å². The molecule has 1 aromatic rings. The molecule has 1 saturated heterocycles. The summed E-state index contributed by atoms with van der Waals surface area (Å²) in [6, 6.07) is 9.07. The van der Waals surface area contributed by atoms with E-state index < -0.39 is 0 Å². The molecule has 5 heteroatoms. The fourth-order valence-electron chi connectivity index (χ4n) is 2.76. The standard InChI is InChI=1S/C17H29N5/c1-14-6-5-7-15(10-14)11-19-17(18-2)20-12-16-13-21(3)8-9-22(16)4/h5-7,10,16H,8-9,11-13H2,1-4H3,(H2,18,19,20). The number of aliphatic imine (C=N–C) groups is 1. The Labute approximate surface area is 134 Å². The summed E-state index contributed by atoms with van der Waals surface area (Å²) in [6.07, 6.45) is 0. The van der Waals surface area contributed by atoms with Crippen molar-refractivity contribution >= 4 is 5.96 Å². The van der Waals surface area contributed by atoms with E-state index in [1.165, 1.54) is 11.1 Å². The minimum atomic E-state index is 0.524. The number of guanidine groups is 1. The van der Waals surface area contributed by atoms with Gasteiger partial charge in [0.2, 0.25) is 0 Å². The van der Waals surface area contributed by atoms with Crippen LogP contribution in [-0.2, 0) is 6.54 Å². The van der Waals surface area contributed by atoms with Crippen LogP contribution in [0.25, 0.3) is 0 Å². The molecule has 0 aliphatic carbocycles. The van der Waals surface area contributed by atoms with Crippen molar-refractivity contribution in [3.8, 4) is 0 Å². The fraction of sp³-hybridized carbons (Fsp3) is 0.588. The van der Waals surface area contributed by atoms with Gasteiger partial charge in [0.15, 0.2) is 5.96 Å². The van der Waals surface area contributed by atoms with Gasteiger partial charge in [-0.15, -0.1) is 0 Å². The molecular formula is C17H29N5. The monoisotopic (exact) mass is 303 g/mol.